The van der Waals surface area contributed by atoms with Gasteiger partial charge in [-0.1, -0.05) is 66.2 Å². The van der Waals surface area contributed by atoms with Gasteiger partial charge >= 0.3 is 6.18 Å². The molecule has 0 aliphatic carbocycles. The zero-order valence-electron chi connectivity index (χ0n) is 35.1. The van der Waals surface area contributed by atoms with Crippen molar-refractivity contribution >= 4 is 23.4 Å². The molecule has 0 spiro atoms. The molecule has 1 saturated heterocycles. The Labute approximate surface area is 319 Å². The SMILES string of the molecule is [2H]C1=C(SCc2cccc(F)c2F)N(CC(=O)N(Cc2ccc(-c3ccc(C(F)(F)F)cc3)cc2)C2CCN(CC([2H])([2H])OC)CC2)c2c([2H])c([2H])c(C)c([2H])c2C1O. The molecule has 0 saturated carbocycles. The van der Waals surface area contributed by atoms with Crippen LogP contribution in [0.2, 0.25) is 0 Å². The number of fused-ring (bicyclic) bond motifs is 1. The minimum atomic E-state index is -4.48. The molecule has 1 amide bonds. The van der Waals surface area contributed by atoms with Crippen molar-refractivity contribution in [2.45, 2.75) is 50.4 Å². The van der Waals surface area contributed by atoms with Crippen molar-refractivity contribution in [3.63, 3.8) is 0 Å². The summed E-state index contributed by atoms with van der Waals surface area (Å²) in [5, 5.41) is 11.3. The number of anilines is 1. The molecule has 2 aliphatic rings. The molecule has 1 unspecified atom stereocenters. The van der Waals surface area contributed by atoms with Gasteiger partial charge in [-0.25, -0.2) is 8.78 Å². The Morgan fingerprint density at radius 1 is 1.04 bits per heavy atom. The fourth-order valence-electron chi connectivity index (χ4n) is 6.41. The van der Waals surface area contributed by atoms with Crippen molar-refractivity contribution in [3.05, 3.63) is 135 Å². The summed E-state index contributed by atoms with van der Waals surface area (Å²) in [6.07, 6.45) is -5.34. The van der Waals surface area contributed by atoms with Crippen LogP contribution in [0.1, 0.15) is 55.0 Å². The normalized spacial score (nSPS) is 18.8. The highest BCUT2D eigenvalue weighted by Gasteiger charge is 2.33. The Hall–Kier alpha value is -4.23. The van der Waals surface area contributed by atoms with E-state index < -0.39 is 60.6 Å². The second-order valence-corrected chi connectivity index (χ2v) is 13.8. The van der Waals surface area contributed by atoms with Crippen molar-refractivity contribution in [2.75, 3.05) is 44.7 Å². The molecule has 6 rings (SSSR count). The van der Waals surface area contributed by atoms with Gasteiger partial charge in [-0.05, 0) is 66.7 Å². The number of rotatable bonds is 12. The number of carbonyl (C=O) groups excluding carboxylic acids is 1. The fraction of sp³-hybridized carbons (Fsp3) is 0.341. The monoisotopic (exact) mass is 757 g/mol. The number of aliphatic hydroxyl groups excluding tert-OH is 1. The quantitative estimate of drug-likeness (QED) is 0.146. The highest BCUT2D eigenvalue weighted by Crippen LogP contribution is 2.41. The van der Waals surface area contributed by atoms with Crippen LogP contribution in [0.4, 0.5) is 27.6 Å². The van der Waals surface area contributed by atoms with E-state index in [4.69, 9.17) is 13.0 Å². The molecule has 2 aliphatic heterocycles. The Bertz CT molecular complexity index is 2220. The highest BCUT2D eigenvalue weighted by molar-refractivity contribution is 8.02. The number of thioether (sulfide) groups is 1. The van der Waals surface area contributed by atoms with Gasteiger partial charge in [0.2, 0.25) is 5.91 Å². The smallest absolute Gasteiger partial charge is 0.384 e. The summed E-state index contributed by atoms with van der Waals surface area (Å²) < 4.78 is 125. The van der Waals surface area contributed by atoms with Crippen LogP contribution in [-0.4, -0.2) is 66.7 Å². The van der Waals surface area contributed by atoms with E-state index in [2.05, 4.69) is 0 Å². The maximum absolute atomic E-state index is 14.8. The van der Waals surface area contributed by atoms with Crippen LogP contribution in [0.5, 0.6) is 0 Å². The van der Waals surface area contributed by atoms with Gasteiger partial charge in [0, 0.05) is 61.9 Å². The minimum absolute atomic E-state index is 0.00262. The molecule has 1 atom stereocenters. The molecule has 0 bridgehead atoms. The van der Waals surface area contributed by atoms with E-state index in [0.29, 0.717) is 42.6 Å². The first-order chi connectivity index (χ1) is 27.8. The van der Waals surface area contributed by atoms with Gasteiger partial charge < -0.3 is 24.5 Å². The maximum Gasteiger partial charge on any atom is 0.416 e. The number of carbonyl (C=O) groups is 1. The number of halogens is 5. The maximum atomic E-state index is 14.8. The number of benzene rings is 4. The zero-order valence-corrected chi connectivity index (χ0v) is 29.9. The number of hydrogen-bond acceptors (Lipinski definition) is 6. The number of alkyl halides is 3. The van der Waals surface area contributed by atoms with E-state index in [9.17, 15) is 31.9 Å². The minimum Gasteiger partial charge on any atom is -0.384 e. The summed E-state index contributed by atoms with van der Waals surface area (Å²) >= 11 is 0.842. The average molecular weight is 758 g/mol. The third-order valence-electron chi connectivity index (χ3n) is 9.29. The first kappa shape index (κ1) is 31.2. The Morgan fingerprint density at radius 3 is 2.38 bits per heavy atom. The lowest BCUT2D eigenvalue weighted by Gasteiger charge is -2.40. The summed E-state index contributed by atoms with van der Waals surface area (Å²) in [6.45, 7) is -0.0807. The molecule has 1 N–H and O–H groups in total. The van der Waals surface area contributed by atoms with E-state index >= 15 is 0 Å². The van der Waals surface area contributed by atoms with E-state index in [1.165, 1.54) is 43.2 Å². The lowest BCUT2D eigenvalue weighted by Crippen LogP contribution is -2.50. The predicted molar refractivity (Wildman–Crippen MR) is 198 cm³/mol. The van der Waals surface area contributed by atoms with Gasteiger partial charge in [-0.15, -0.1) is 11.8 Å². The molecule has 0 aromatic heterocycles. The van der Waals surface area contributed by atoms with Crippen LogP contribution in [0.15, 0.2) is 95.9 Å². The summed E-state index contributed by atoms with van der Waals surface area (Å²) in [5.74, 6) is -2.91. The van der Waals surface area contributed by atoms with Crippen molar-refractivity contribution < 1.29 is 44.8 Å². The summed E-state index contributed by atoms with van der Waals surface area (Å²) in [5.41, 5.74) is 0.884. The first-order valence-electron chi connectivity index (χ1n) is 20.0. The zero-order chi connectivity index (χ0) is 43.0. The topological polar surface area (TPSA) is 56.3 Å². The van der Waals surface area contributed by atoms with E-state index in [-0.39, 0.29) is 64.4 Å². The van der Waals surface area contributed by atoms with Crippen LogP contribution < -0.4 is 4.90 Å². The number of amides is 1. The van der Waals surface area contributed by atoms with Crippen LogP contribution in [0, 0.1) is 18.6 Å². The van der Waals surface area contributed by atoms with Crippen LogP contribution in [0.25, 0.3) is 11.1 Å². The number of methoxy groups -OCH3 is 1. The van der Waals surface area contributed by atoms with Crippen molar-refractivity contribution in [3.8, 4) is 11.1 Å². The molecular weight excluding hydrogens is 710 g/mol. The van der Waals surface area contributed by atoms with Gasteiger partial charge in [0.15, 0.2) is 11.6 Å². The van der Waals surface area contributed by atoms with Crippen molar-refractivity contribution in [2.24, 2.45) is 0 Å². The third-order valence-corrected chi connectivity index (χ3v) is 10.4. The number of hydrogen-bond donors (Lipinski definition) is 1. The fourth-order valence-corrected chi connectivity index (χ4v) is 7.43. The number of ether oxygens (including phenoxy) is 1. The molecule has 6 nitrogen and oxygen atoms in total. The number of likely N-dealkylation sites (tertiary alicyclic amines) is 1. The number of aliphatic hydroxyl groups is 1. The summed E-state index contributed by atoms with van der Waals surface area (Å²) in [7, 11) is 1.28. The molecule has 1 fully saturated rings. The number of nitrogens with zero attached hydrogens (tertiary/aromatic N) is 3. The largest absolute Gasteiger partial charge is 0.416 e. The molecular formula is C41H42F5N3O3S. The van der Waals surface area contributed by atoms with Gasteiger partial charge in [-0.3, -0.25) is 4.79 Å². The molecule has 0 radical (unpaired) electrons. The second kappa shape index (κ2) is 16.8. The van der Waals surface area contributed by atoms with Gasteiger partial charge in [0.1, 0.15) is 12.6 Å². The van der Waals surface area contributed by atoms with Gasteiger partial charge in [0.05, 0.1) is 25.4 Å². The molecule has 280 valence electrons. The van der Waals surface area contributed by atoms with Crippen LogP contribution >= 0.6 is 11.8 Å². The average Bonchev–Trinajstić information content (AvgIpc) is 3.21. The molecule has 53 heavy (non-hydrogen) atoms. The highest BCUT2D eigenvalue weighted by atomic mass is 32.2. The van der Waals surface area contributed by atoms with E-state index in [1.807, 2.05) is 4.90 Å². The van der Waals surface area contributed by atoms with Crippen LogP contribution in [0.3, 0.4) is 0 Å². The molecule has 4 aromatic rings. The standard InChI is InChI=1S/C41H42F5N3O3S/c1-27-6-15-36-34(22-27)37(50)23-39(53-26-31-4-3-5-35(42)40(31)43)49(36)25-38(51)48(33-16-18-47(19-17-33)20-21-52-2)24-28-7-9-29(10-8-28)30-11-13-32(14-12-30)41(44,45)46/h3-15,22-23,33,37,50H,16-21,24-26H2,1-2H3/i6D,15D,21D2,22D,23D. The van der Waals surface area contributed by atoms with Crippen LogP contribution in [-0.2, 0) is 28.0 Å². The Morgan fingerprint density at radius 2 is 1.72 bits per heavy atom. The van der Waals surface area contributed by atoms with Gasteiger partial charge in [0.25, 0.3) is 0 Å². The van der Waals surface area contributed by atoms with Crippen molar-refractivity contribution in [1.29, 1.82) is 0 Å². The van der Waals surface area contributed by atoms with Crippen molar-refractivity contribution in [1.82, 2.24) is 9.80 Å². The third kappa shape index (κ3) is 9.29. The molecule has 2 heterocycles. The summed E-state index contributed by atoms with van der Waals surface area (Å²) in [6, 6.07) is 13.5. The molecule has 12 heteroatoms. The lowest BCUT2D eigenvalue weighted by molar-refractivity contribution is -0.137. The Kier molecular flexibility index (Phi) is 9.90. The second-order valence-electron chi connectivity index (χ2n) is 12.9. The lowest BCUT2D eigenvalue weighted by atomic mass is 9.99. The summed E-state index contributed by atoms with van der Waals surface area (Å²) in [4.78, 5) is 19.6. The number of piperidine rings is 1. The van der Waals surface area contributed by atoms with E-state index in [0.717, 1.165) is 30.0 Å². The Balaban J connectivity index is 1.35. The molecule has 4 aromatic carbocycles. The van der Waals surface area contributed by atoms with E-state index in [1.54, 1.807) is 29.2 Å². The first-order valence-corrected chi connectivity index (χ1v) is 18.0. The van der Waals surface area contributed by atoms with Gasteiger partial charge in [-0.2, -0.15) is 13.2 Å². The predicted octanol–water partition coefficient (Wildman–Crippen LogP) is 8.73.